The highest BCUT2D eigenvalue weighted by Crippen LogP contribution is 2.22. The number of amides is 2. The first-order chi connectivity index (χ1) is 11.3. The lowest BCUT2D eigenvalue weighted by molar-refractivity contribution is -0.119. The number of nitrogens with two attached hydrogens (primary N) is 1. The lowest BCUT2D eigenvalue weighted by atomic mass is 10.1. The monoisotopic (exact) mass is 337 g/mol. The number of carbonyl (C=O) groups excluding carboxylic acids is 3. The van der Waals surface area contributed by atoms with Gasteiger partial charge in [0, 0.05) is 25.2 Å². The number of nitrogens with one attached hydrogen (secondary N) is 2. The Morgan fingerprint density at radius 2 is 2.00 bits per heavy atom. The Labute approximate surface area is 140 Å². The van der Waals surface area contributed by atoms with Crippen molar-refractivity contribution in [2.24, 2.45) is 5.73 Å². The van der Waals surface area contributed by atoms with Crippen molar-refractivity contribution in [3.63, 3.8) is 0 Å². The minimum absolute atomic E-state index is 0.0118. The van der Waals surface area contributed by atoms with Crippen molar-refractivity contribution in [1.29, 1.82) is 0 Å². The number of esters is 1. The lowest BCUT2D eigenvalue weighted by Crippen LogP contribution is -2.35. The molecule has 0 saturated heterocycles. The Morgan fingerprint density at radius 3 is 2.58 bits per heavy atom. The topological polar surface area (TPSA) is 131 Å². The molecule has 2 amide bonds. The van der Waals surface area contributed by atoms with Gasteiger partial charge in [0.25, 0.3) is 0 Å². The Hall–Kier alpha value is -2.61. The second-order valence-electron chi connectivity index (χ2n) is 5.30. The molecule has 0 unspecified atom stereocenters. The predicted molar refractivity (Wildman–Crippen MR) is 88.6 cm³/mol. The van der Waals surface area contributed by atoms with Crippen LogP contribution >= 0.6 is 0 Å². The van der Waals surface area contributed by atoms with Crippen LogP contribution in [0.3, 0.4) is 0 Å². The first kappa shape index (κ1) is 19.4. The summed E-state index contributed by atoms with van der Waals surface area (Å²) in [6.07, 6.45) is 1.90. The fraction of sp³-hybridized carbons (Fsp3) is 0.438. The Kier molecular flexibility index (Phi) is 7.70. The van der Waals surface area contributed by atoms with Gasteiger partial charge in [0.2, 0.25) is 11.8 Å². The van der Waals surface area contributed by atoms with Gasteiger partial charge in [-0.2, -0.15) is 0 Å². The molecular weight excluding hydrogens is 314 g/mol. The van der Waals surface area contributed by atoms with E-state index in [1.165, 1.54) is 32.2 Å². The largest absolute Gasteiger partial charge is 0.507 e. The Bertz CT molecular complexity index is 603. The molecule has 0 aliphatic rings. The number of benzene rings is 1. The van der Waals surface area contributed by atoms with Crippen molar-refractivity contribution in [3.8, 4) is 5.75 Å². The molecule has 5 N–H and O–H groups in total. The van der Waals surface area contributed by atoms with Crippen LogP contribution < -0.4 is 16.4 Å². The Balaban J connectivity index is 2.47. The first-order valence-corrected chi connectivity index (χ1v) is 7.57. The van der Waals surface area contributed by atoms with E-state index >= 15 is 0 Å². The quantitative estimate of drug-likeness (QED) is 0.409. The molecule has 132 valence electrons. The average Bonchev–Trinajstić information content (AvgIpc) is 2.53. The number of phenolic OH excluding ortho intramolecular Hbond substituents is 1. The smallest absolute Gasteiger partial charge is 0.341 e. The van der Waals surface area contributed by atoms with Gasteiger partial charge >= 0.3 is 5.97 Å². The van der Waals surface area contributed by atoms with Gasteiger partial charge in [-0.15, -0.1) is 0 Å². The number of carbonyl (C=O) groups is 3. The molecule has 0 saturated carbocycles. The molecule has 1 atom stereocenters. The molecule has 0 fully saturated rings. The highest BCUT2D eigenvalue weighted by atomic mass is 16.5. The number of ether oxygens (including phenoxy) is 1. The van der Waals surface area contributed by atoms with E-state index in [0.29, 0.717) is 25.1 Å². The van der Waals surface area contributed by atoms with Crippen LogP contribution in [0, 0.1) is 0 Å². The number of phenols is 1. The minimum atomic E-state index is -0.704. The van der Waals surface area contributed by atoms with Gasteiger partial charge in [-0.05, 0) is 31.4 Å². The first-order valence-electron chi connectivity index (χ1n) is 7.57. The van der Waals surface area contributed by atoms with Crippen molar-refractivity contribution < 1.29 is 24.2 Å². The molecule has 1 aromatic rings. The number of rotatable bonds is 8. The molecule has 8 heteroatoms. The minimum Gasteiger partial charge on any atom is -0.507 e. The maximum Gasteiger partial charge on any atom is 0.341 e. The molecule has 8 nitrogen and oxygen atoms in total. The zero-order valence-electron chi connectivity index (χ0n) is 13.8. The van der Waals surface area contributed by atoms with Gasteiger partial charge in [-0.25, -0.2) is 4.79 Å². The Morgan fingerprint density at radius 1 is 1.29 bits per heavy atom. The number of hydrogen-bond acceptors (Lipinski definition) is 6. The summed E-state index contributed by atoms with van der Waals surface area (Å²) in [5.41, 5.74) is 6.15. The highest BCUT2D eigenvalue weighted by molar-refractivity contribution is 5.97. The van der Waals surface area contributed by atoms with Crippen LogP contribution in [0.2, 0.25) is 0 Å². The predicted octanol–water partition coefficient (Wildman–Crippen LogP) is 0.751. The molecule has 0 aliphatic carbocycles. The number of hydrogen-bond donors (Lipinski definition) is 4. The molecular formula is C16H23N3O5. The van der Waals surface area contributed by atoms with E-state index in [2.05, 4.69) is 15.4 Å². The second kappa shape index (κ2) is 9.51. The summed E-state index contributed by atoms with van der Waals surface area (Å²) in [6.45, 7) is 1.99. The van der Waals surface area contributed by atoms with Crippen molar-refractivity contribution in [2.45, 2.75) is 32.2 Å². The molecule has 0 spiro atoms. The van der Waals surface area contributed by atoms with E-state index in [1.54, 1.807) is 0 Å². The SMILES string of the molecule is COC(=O)c1ccc(NC(=O)[C@@H](N)CCCCNC(C)=O)cc1O. The maximum atomic E-state index is 12.0. The number of methoxy groups -OCH3 is 1. The third kappa shape index (κ3) is 6.25. The van der Waals surface area contributed by atoms with Crippen LogP contribution in [0.1, 0.15) is 36.5 Å². The van der Waals surface area contributed by atoms with Crippen molar-refractivity contribution >= 4 is 23.5 Å². The summed E-state index contributed by atoms with van der Waals surface area (Å²) < 4.78 is 4.52. The lowest BCUT2D eigenvalue weighted by Gasteiger charge is -2.13. The van der Waals surface area contributed by atoms with Gasteiger partial charge in [-0.1, -0.05) is 0 Å². The summed E-state index contributed by atoms with van der Waals surface area (Å²) >= 11 is 0. The average molecular weight is 337 g/mol. The molecule has 0 aromatic heterocycles. The zero-order valence-corrected chi connectivity index (χ0v) is 13.8. The molecule has 1 rings (SSSR count). The highest BCUT2D eigenvalue weighted by Gasteiger charge is 2.16. The van der Waals surface area contributed by atoms with Gasteiger partial charge in [0.15, 0.2) is 0 Å². The van der Waals surface area contributed by atoms with Crippen LogP contribution in [0.15, 0.2) is 18.2 Å². The van der Waals surface area contributed by atoms with E-state index in [0.717, 1.165) is 6.42 Å². The van der Waals surface area contributed by atoms with Crippen LogP contribution in [0.4, 0.5) is 5.69 Å². The summed E-state index contributed by atoms with van der Waals surface area (Å²) in [5, 5.41) is 15.0. The van der Waals surface area contributed by atoms with Crippen molar-refractivity contribution in [3.05, 3.63) is 23.8 Å². The van der Waals surface area contributed by atoms with E-state index in [-0.39, 0.29) is 23.1 Å². The third-order valence-corrected chi connectivity index (χ3v) is 3.32. The normalized spacial score (nSPS) is 11.5. The molecule has 0 heterocycles. The van der Waals surface area contributed by atoms with Gasteiger partial charge in [-0.3, -0.25) is 9.59 Å². The van der Waals surface area contributed by atoms with Crippen LogP contribution in [-0.2, 0) is 14.3 Å². The maximum absolute atomic E-state index is 12.0. The van der Waals surface area contributed by atoms with Crippen LogP contribution in [-0.4, -0.2) is 42.6 Å². The summed E-state index contributed by atoms with van der Waals surface area (Å²) in [6, 6.07) is 3.39. The summed E-state index contributed by atoms with van der Waals surface area (Å²) in [4.78, 5) is 34.1. The molecule has 24 heavy (non-hydrogen) atoms. The van der Waals surface area contributed by atoms with E-state index in [4.69, 9.17) is 5.73 Å². The van der Waals surface area contributed by atoms with Crippen LogP contribution in [0.25, 0.3) is 0 Å². The second-order valence-corrected chi connectivity index (χ2v) is 5.30. The third-order valence-electron chi connectivity index (χ3n) is 3.32. The van der Waals surface area contributed by atoms with Crippen LogP contribution in [0.5, 0.6) is 5.75 Å². The fourth-order valence-electron chi connectivity index (χ4n) is 2.01. The molecule has 0 bridgehead atoms. The van der Waals surface area contributed by atoms with E-state index in [9.17, 15) is 19.5 Å². The number of anilines is 1. The fourth-order valence-corrected chi connectivity index (χ4v) is 2.01. The number of unbranched alkanes of at least 4 members (excludes halogenated alkanes) is 1. The van der Waals surface area contributed by atoms with Crippen molar-refractivity contribution in [1.82, 2.24) is 5.32 Å². The number of aromatic hydroxyl groups is 1. The van der Waals surface area contributed by atoms with Crippen molar-refractivity contribution in [2.75, 3.05) is 19.0 Å². The molecule has 0 radical (unpaired) electrons. The summed E-state index contributed by atoms with van der Waals surface area (Å²) in [7, 11) is 1.21. The van der Waals surface area contributed by atoms with Gasteiger partial charge < -0.3 is 26.2 Å². The van der Waals surface area contributed by atoms with Gasteiger partial charge in [0.05, 0.1) is 13.2 Å². The van der Waals surface area contributed by atoms with E-state index in [1.807, 2.05) is 0 Å². The summed E-state index contributed by atoms with van der Waals surface area (Å²) in [5.74, 6) is -1.43. The van der Waals surface area contributed by atoms with Gasteiger partial charge in [0.1, 0.15) is 11.3 Å². The standard InChI is InChI=1S/C16H23N3O5/c1-10(20)18-8-4-3-5-13(17)15(22)19-11-6-7-12(14(21)9-11)16(23)24-2/h6-7,9,13,21H,3-5,8,17H2,1-2H3,(H,18,20)(H,19,22)/t13-/m0/s1. The molecule has 1 aromatic carbocycles. The zero-order chi connectivity index (χ0) is 18.1. The molecule has 0 aliphatic heterocycles. The van der Waals surface area contributed by atoms with E-state index < -0.39 is 12.0 Å².